The number of hydrogen-bond donors (Lipinski definition) is 2. The van der Waals surface area contributed by atoms with E-state index in [-0.39, 0.29) is 57.0 Å². The quantitative estimate of drug-likeness (QED) is 0.195. The topological polar surface area (TPSA) is 110 Å². The van der Waals surface area contributed by atoms with Gasteiger partial charge >= 0.3 is 31.7 Å². The molecule has 240 valence electrons. The third kappa shape index (κ3) is 6.87. The van der Waals surface area contributed by atoms with Crippen LogP contribution in [0.5, 0.6) is 0 Å². The summed E-state index contributed by atoms with van der Waals surface area (Å²) in [6.45, 7) is 16.3. The van der Waals surface area contributed by atoms with E-state index in [4.69, 9.17) is 19.4 Å². The Hall–Kier alpha value is -4.05. The van der Waals surface area contributed by atoms with Gasteiger partial charge in [-0.2, -0.15) is 0 Å². The van der Waals surface area contributed by atoms with Crippen LogP contribution in [0.3, 0.4) is 0 Å². The number of hydrogen-bond acceptors (Lipinski definition) is 6. The van der Waals surface area contributed by atoms with E-state index in [1.807, 2.05) is 50.3 Å². The predicted octanol–water partition coefficient (Wildman–Crippen LogP) is 6.92. The summed E-state index contributed by atoms with van der Waals surface area (Å²) in [6, 6.07) is 8.14. The molecular formula is C36H42ClGaN4O4. The fourth-order valence-corrected chi connectivity index (χ4v) is 5.96. The van der Waals surface area contributed by atoms with Crippen LogP contribution in [0, 0.1) is 13.8 Å². The summed E-state index contributed by atoms with van der Waals surface area (Å²) in [6.07, 6.45) is 5.12. The molecule has 8 bridgehead atoms. The van der Waals surface area contributed by atoms with Crippen molar-refractivity contribution >= 4 is 94.6 Å². The van der Waals surface area contributed by atoms with Gasteiger partial charge in [-0.05, 0) is 98.2 Å². The Bertz CT molecular complexity index is 1970. The van der Waals surface area contributed by atoms with Crippen molar-refractivity contribution in [3.63, 3.8) is 0 Å². The van der Waals surface area contributed by atoms with Crippen LogP contribution >= 0.6 is 12.4 Å². The van der Waals surface area contributed by atoms with E-state index in [0.29, 0.717) is 12.8 Å². The third-order valence-electron chi connectivity index (χ3n) is 8.66. The van der Waals surface area contributed by atoms with E-state index in [9.17, 15) is 9.59 Å². The van der Waals surface area contributed by atoms with Gasteiger partial charge in [0.2, 0.25) is 0 Å². The second kappa shape index (κ2) is 15.0. The van der Waals surface area contributed by atoms with Gasteiger partial charge in [-0.25, -0.2) is 9.97 Å². The van der Waals surface area contributed by atoms with E-state index >= 15 is 0 Å². The molecule has 0 saturated heterocycles. The molecule has 2 aliphatic heterocycles. The van der Waals surface area contributed by atoms with E-state index in [1.54, 1.807) is 0 Å². The van der Waals surface area contributed by atoms with Crippen LogP contribution in [0.15, 0.2) is 43.5 Å². The molecule has 10 heteroatoms. The number of aryl methyl sites for hydroxylation is 3. The molecule has 0 fully saturated rings. The summed E-state index contributed by atoms with van der Waals surface area (Å²) in [5.74, 6) is -0.558. The van der Waals surface area contributed by atoms with E-state index in [1.165, 1.54) is 14.2 Å². The van der Waals surface area contributed by atoms with Gasteiger partial charge < -0.3 is 19.4 Å². The molecule has 0 spiro atoms. The van der Waals surface area contributed by atoms with Crippen LogP contribution in [0.2, 0.25) is 0 Å². The number of carbonyl (C=O) groups is 2. The standard InChI is InChI=1S/C36H38N4O4.ClH.Ga.3H/c1-9-23-19(3)27-15-28-21(5)25(11-13-35(41)43-7)33(39-28)18-34-26(12-14-36(42)44-8)22(6)30(40-34)17-32-24(10-2)20(4)29(38-32)16-31(23)37-27;;;;;/h9-10,15-18,37,40H,1-2,11-14H2,3-8H3;1H;;;;. The first kappa shape index (κ1) is 36.4. The van der Waals surface area contributed by atoms with Gasteiger partial charge in [-0.15, -0.1) is 12.4 Å². The Labute approximate surface area is 288 Å². The van der Waals surface area contributed by atoms with Crippen molar-refractivity contribution in [1.29, 1.82) is 0 Å². The molecule has 0 radical (unpaired) electrons. The first-order valence-electron chi connectivity index (χ1n) is 14.6. The molecule has 0 unspecified atom stereocenters. The Balaban J connectivity index is 0.00000288. The summed E-state index contributed by atoms with van der Waals surface area (Å²) in [5.41, 5.74) is 14.7. The Morgan fingerprint density at radius 2 is 1.24 bits per heavy atom. The zero-order valence-electron chi connectivity index (χ0n) is 26.6. The monoisotopic (exact) mass is 698 g/mol. The second-order valence-corrected chi connectivity index (χ2v) is 11.1. The molecule has 46 heavy (non-hydrogen) atoms. The van der Waals surface area contributed by atoms with Crippen LogP contribution in [-0.4, -0.2) is 65.9 Å². The van der Waals surface area contributed by atoms with Crippen molar-refractivity contribution in [3.05, 3.63) is 88.5 Å². The Morgan fingerprint density at radius 3 is 1.87 bits per heavy atom. The summed E-state index contributed by atoms with van der Waals surface area (Å²) in [4.78, 5) is 41.6. The van der Waals surface area contributed by atoms with Crippen molar-refractivity contribution in [3.8, 4) is 0 Å². The number of allylic oxidation sites excluding steroid dienone is 5. The summed E-state index contributed by atoms with van der Waals surface area (Å²) >= 11 is 0. The number of methoxy groups -OCH3 is 2. The SMILES string of the molecule is C=CC1=C(C)c2cc3[nH]c(cc4nc(cc5[nH]c(cc1n2)c(C)c5CCC(=O)OC)C(CCC(=O)OC)=C4C)c(C)c3C=C.Cl.[GaH3]. The van der Waals surface area contributed by atoms with Crippen molar-refractivity contribution in [2.75, 3.05) is 14.2 Å². The minimum atomic E-state index is -0.280. The maximum atomic E-state index is 12.2. The van der Waals surface area contributed by atoms with Gasteiger partial charge in [-0.1, -0.05) is 25.3 Å². The number of H-pyrrole nitrogens is 2. The van der Waals surface area contributed by atoms with Crippen molar-refractivity contribution in [2.24, 2.45) is 0 Å². The predicted molar refractivity (Wildman–Crippen MR) is 195 cm³/mol. The molecule has 2 aliphatic rings. The van der Waals surface area contributed by atoms with Gasteiger partial charge in [0.15, 0.2) is 0 Å². The number of carbonyl (C=O) groups excluding carboxylic acids is 2. The van der Waals surface area contributed by atoms with Crippen LogP contribution in [0.25, 0.3) is 50.4 Å². The van der Waals surface area contributed by atoms with Gasteiger partial charge in [0.05, 0.1) is 37.0 Å². The zero-order valence-corrected chi connectivity index (χ0v) is 27.5. The molecule has 3 aromatic heterocycles. The summed E-state index contributed by atoms with van der Waals surface area (Å²) < 4.78 is 9.88. The molecule has 0 atom stereocenters. The molecule has 5 heterocycles. The number of rotatable bonds is 8. The molecule has 5 rings (SSSR count). The molecule has 3 aromatic rings. The third-order valence-corrected chi connectivity index (χ3v) is 8.66. The minimum absolute atomic E-state index is 0. The molecule has 2 N–H and O–H groups in total. The average Bonchev–Trinajstić information content (AvgIpc) is 3.67. The fourth-order valence-electron chi connectivity index (χ4n) is 5.96. The number of aromatic amines is 2. The number of aromatic nitrogens is 4. The number of nitrogens with zero attached hydrogens (tertiary/aromatic N) is 2. The first-order valence-corrected chi connectivity index (χ1v) is 14.6. The normalized spacial score (nSPS) is 12.3. The van der Waals surface area contributed by atoms with Crippen molar-refractivity contribution in [2.45, 2.75) is 53.4 Å². The summed E-state index contributed by atoms with van der Waals surface area (Å²) in [7, 11) is 2.79. The Kier molecular flexibility index (Phi) is 11.9. The van der Waals surface area contributed by atoms with Crippen molar-refractivity contribution < 1.29 is 19.1 Å². The summed E-state index contributed by atoms with van der Waals surface area (Å²) in [5, 5.41) is 0. The number of halogens is 1. The number of esters is 2. The van der Waals surface area contributed by atoms with Gasteiger partial charge in [0, 0.05) is 46.0 Å². The van der Waals surface area contributed by atoms with Gasteiger partial charge in [-0.3, -0.25) is 9.59 Å². The van der Waals surface area contributed by atoms with Crippen LogP contribution in [0.4, 0.5) is 0 Å². The van der Waals surface area contributed by atoms with Gasteiger partial charge in [0.1, 0.15) is 0 Å². The van der Waals surface area contributed by atoms with E-state index in [2.05, 4.69) is 37.0 Å². The number of nitrogens with one attached hydrogen (secondary N) is 2. The van der Waals surface area contributed by atoms with Crippen molar-refractivity contribution in [1.82, 2.24) is 19.9 Å². The molecular weight excluding hydrogens is 658 g/mol. The Morgan fingerprint density at radius 1 is 0.717 bits per heavy atom. The molecule has 0 amide bonds. The van der Waals surface area contributed by atoms with Gasteiger partial charge in [0.25, 0.3) is 0 Å². The average molecular weight is 700 g/mol. The zero-order chi connectivity index (χ0) is 31.7. The fraction of sp³-hybridized carbons (Fsp3) is 0.278. The second-order valence-electron chi connectivity index (χ2n) is 11.1. The van der Waals surface area contributed by atoms with E-state index in [0.717, 1.165) is 89.4 Å². The number of fused-ring (bicyclic) bond motifs is 8. The maximum absolute atomic E-state index is 12.2. The van der Waals surface area contributed by atoms with E-state index < -0.39 is 0 Å². The molecule has 0 aliphatic carbocycles. The van der Waals surface area contributed by atoms with Crippen LogP contribution < -0.4 is 0 Å². The van der Waals surface area contributed by atoms with Crippen LogP contribution in [0.1, 0.15) is 78.1 Å². The molecule has 0 aromatic carbocycles. The molecule has 0 saturated carbocycles. The number of ether oxygens (including phenoxy) is 2. The molecule has 8 nitrogen and oxygen atoms in total. The first-order chi connectivity index (χ1) is 21.1. The van der Waals surface area contributed by atoms with Crippen LogP contribution in [-0.2, 0) is 25.5 Å².